The molecule has 3 heterocycles. The molecule has 38 heavy (non-hydrogen) atoms. The number of hydrogen-bond donors (Lipinski definition) is 0. The average Bonchev–Trinajstić information content (AvgIpc) is 3.57. The van der Waals surface area contributed by atoms with Crippen molar-refractivity contribution in [2.45, 2.75) is 19.1 Å². The lowest BCUT2D eigenvalue weighted by Gasteiger charge is -2.21. The van der Waals surface area contributed by atoms with Gasteiger partial charge in [-0.25, -0.2) is 4.98 Å². The molecule has 9 heteroatoms. The van der Waals surface area contributed by atoms with Gasteiger partial charge in [0, 0.05) is 35.7 Å². The molecule has 3 aromatic carbocycles. The Bertz CT molecular complexity index is 1420. The van der Waals surface area contributed by atoms with E-state index in [1.54, 1.807) is 48.7 Å². The maximum absolute atomic E-state index is 13.6. The average molecular weight is 533 g/mol. The molecule has 1 aromatic heterocycles. The van der Waals surface area contributed by atoms with Crippen LogP contribution in [-0.2, 0) is 11.3 Å². The molecule has 196 valence electrons. The molecule has 0 saturated carbocycles. The first-order valence-corrected chi connectivity index (χ1v) is 13.4. The van der Waals surface area contributed by atoms with E-state index in [-0.39, 0.29) is 12.0 Å². The first-order chi connectivity index (χ1) is 18.6. The van der Waals surface area contributed by atoms with E-state index in [2.05, 4.69) is 12.1 Å². The molecule has 0 unspecified atom stereocenters. The van der Waals surface area contributed by atoms with Crippen molar-refractivity contribution >= 4 is 27.5 Å². The molecule has 2 aliphatic rings. The number of ether oxygens (including phenoxy) is 5. The van der Waals surface area contributed by atoms with Crippen molar-refractivity contribution in [2.75, 3.05) is 40.6 Å². The fourth-order valence-corrected chi connectivity index (χ4v) is 5.72. The Morgan fingerprint density at radius 3 is 2.61 bits per heavy atom. The molecule has 4 aromatic rings. The normalized spacial score (nSPS) is 17.0. The second-order valence-corrected chi connectivity index (χ2v) is 10.3. The van der Waals surface area contributed by atoms with E-state index < -0.39 is 0 Å². The van der Waals surface area contributed by atoms with Crippen molar-refractivity contribution in [1.82, 2.24) is 9.88 Å². The summed E-state index contributed by atoms with van der Waals surface area (Å²) in [5.74, 6) is 2.32. The number of benzene rings is 3. The van der Waals surface area contributed by atoms with E-state index in [0.717, 1.165) is 32.8 Å². The van der Waals surface area contributed by atoms with Crippen LogP contribution < -0.4 is 18.9 Å². The number of methoxy groups -OCH3 is 2. The van der Waals surface area contributed by atoms with E-state index in [1.165, 1.54) is 0 Å². The van der Waals surface area contributed by atoms with Crippen LogP contribution in [0.4, 0.5) is 0 Å². The van der Waals surface area contributed by atoms with Crippen LogP contribution in [0.2, 0.25) is 0 Å². The molecule has 1 atom stereocenters. The standard InChI is InChI=1S/C29H28N2O6S/c1-33-22-12-19(13-23(15-22)34-2)29(32)31-8-10-36-27-20(16-31)11-18(14-25(27)37-21-7-9-35-17-21)28-30-24-5-3-4-6-26(24)38-28/h3-6,11-15,21H,7-10,16-17H2,1-2H3/t21-/m1/s1. The van der Waals surface area contributed by atoms with Crippen LogP contribution in [0.15, 0.2) is 54.6 Å². The molecule has 0 aliphatic carbocycles. The van der Waals surface area contributed by atoms with Gasteiger partial charge in [0.1, 0.15) is 29.2 Å². The topological polar surface area (TPSA) is 79.4 Å². The molecular formula is C29H28N2O6S. The Balaban J connectivity index is 1.38. The molecule has 8 nitrogen and oxygen atoms in total. The summed E-state index contributed by atoms with van der Waals surface area (Å²) in [7, 11) is 3.14. The molecule has 0 bridgehead atoms. The summed E-state index contributed by atoms with van der Waals surface area (Å²) >= 11 is 1.63. The van der Waals surface area contributed by atoms with Gasteiger partial charge in [0.05, 0.1) is 44.2 Å². The van der Waals surface area contributed by atoms with Gasteiger partial charge in [0.15, 0.2) is 11.5 Å². The Morgan fingerprint density at radius 1 is 1.05 bits per heavy atom. The van der Waals surface area contributed by atoms with Crippen LogP contribution in [0.5, 0.6) is 23.0 Å². The predicted octanol–water partition coefficient (Wildman–Crippen LogP) is 5.18. The van der Waals surface area contributed by atoms with Gasteiger partial charge in [0.25, 0.3) is 5.91 Å². The second-order valence-electron chi connectivity index (χ2n) is 9.23. The zero-order valence-electron chi connectivity index (χ0n) is 21.3. The zero-order chi connectivity index (χ0) is 26.1. The fraction of sp³-hybridized carbons (Fsp3) is 0.310. The van der Waals surface area contributed by atoms with Gasteiger partial charge in [-0.3, -0.25) is 4.79 Å². The van der Waals surface area contributed by atoms with Crippen molar-refractivity contribution in [3.05, 3.63) is 65.7 Å². The number of hydrogen-bond acceptors (Lipinski definition) is 8. The number of aromatic nitrogens is 1. The summed E-state index contributed by atoms with van der Waals surface area (Å²) in [6.45, 7) is 2.36. The monoisotopic (exact) mass is 532 g/mol. The number of nitrogens with zero attached hydrogens (tertiary/aromatic N) is 2. The van der Waals surface area contributed by atoms with Crippen LogP contribution in [0, 0.1) is 0 Å². The van der Waals surface area contributed by atoms with E-state index in [0.29, 0.717) is 61.5 Å². The Morgan fingerprint density at radius 2 is 1.87 bits per heavy atom. The highest BCUT2D eigenvalue weighted by Gasteiger charge is 2.27. The molecule has 1 amide bonds. The smallest absolute Gasteiger partial charge is 0.254 e. The van der Waals surface area contributed by atoms with Crippen LogP contribution >= 0.6 is 11.3 Å². The number of rotatable bonds is 6. The number of amides is 1. The highest BCUT2D eigenvalue weighted by Crippen LogP contribution is 2.41. The Labute approximate surface area is 224 Å². The van der Waals surface area contributed by atoms with Gasteiger partial charge in [-0.05, 0) is 36.4 Å². The lowest BCUT2D eigenvalue weighted by molar-refractivity contribution is 0.0732. The number of carbonyl (C=O) groups is 1. The van der Waals surface area contributed by atoms with Crippen LogP contribution in [0.25, 0.3) is 20.8 Å². The highest BCUT2D eigenvalue weighted by molar-refractivity contribution is 7.21. The Kier molecular flexibility index (Phi) is 6.78. The van der Waals surface area contributed by atoms with E-state index in [9.17, 15) is 4.79 Å². The van der Waals surface area contributed by atoms with Crippen molar-refractivity contribution in [3.63, 3.8) is 0 Å². The summed E-state index contributed by atoms with van der Waals surface area (Å²) < 4.78 is 30.0. The van der Waals surface area contributed by atoms with Crippen LogP contribution in [0.3, 0.4) is 0 Å². The third-order valence-corrected chi connectivity index (χ3v) is 7.79. The van der Waals surface area contributed by atoms with E-state index in [1.807, 2.05) is 24.3 Å². The SMILES string of the molecule is COc1cc(OC)cc(C(=O)N2CCOc3c(cc(-c4nc5ccccc5s4)cc3O[C@@H]3CCOC3)C2)c1. The molecule has 1 fully saturated rings. The van der Waals surface area contributed by atoms with Crippen molar-refractivity contribution in [1.29, 1.82) is 0 Å². The molecular weight excluding hydrogens is 504 g/mol. The summed E-state index contributed by atoms with van der Waals surface area (Å²) in [6.07, 6.45) is 0.779. The lowest BCUT2D eigenvalue weighted by Crippen LogP contribution is -2.32. The quantitative estimate of drug-likeness (QED) is 0.338. The minimum absolute atomic E-state index is 0.0430. The largest absolute Gasteiger partial charge is 0.497 e. The lowest BCUT2D eigenvalue weighted by atomic mass is 10.1. The zero-order valence-corrected chi connectivity index (χ0v) is 22.1. The van der Waals surface area contributed by atoms with Crippen LogP contribution in [-0.4, -0.2) is 62.5 Å². The molecule has 0 N–H and O–H groups in total. The second kappa shape index (κ2) is 10.5. The number of thiazole rings is 1. The highest BCUT2D eigenvalue weighted by atomic mass is 32.1. The summed E-state index contributed by atoms with van der Waals surface area (Å²) in [4.78, 5) is 20.3. The minimum Gasteiger partial charge on any atom is -0.497 e. The van der Waals surface area contributed by atoms with E-state index in [4.69, 9.17) is 28.7 Å². The van der Waals surface area contributed by atoms with Gasteiger partial charge in [-0.1, -0.05) is 12.1 Å². The number of carbonyl (C=O) groups excluding carboxylic acids is 1. The maximum Gasteiger partial charge on any atom is 0.254 e. The van der Waals surface area contributed by atoms with Gasteiger partial charge >= 0.3 is 0 Å². The summed E-state index contributed by atoms with van der Waals surface area (Å²) in [6, 6.07) is 17.3. The van der Waals surface area contributed by atoms with E-state index >= 15 is 0 Å². The third-order valence-electron chi connectivity index (χ3n) is 6.71. The summed E-state index contributed by atoms with van der Waals surface area (Å²) in [5, 5.41) is 0.890. The first-order valence-electron chi connectivity index (χ1n) is 12.5. The van der Waals surface area contributed by atoms with Gasteiger partial charge < -0.3 is 28.6 Å². The van der Waals surface area contributed by atoms with Crippen molar-refractivity contribution in [3.8, 4) is 33.6 Å². The molecule has 1 saturated heterocycles. The van der Waals surface area contributed by atoms with Gasteiger partial charge in [-0.15, -0.1) is 11.3 Å². The van der Waals surface area contributed by atoms with Gasteiger partial charge in [0.2, 0.25) is 0 Å². The molecule has 0 radical (unpaired) electrons. The van der Waals surface area contributed by atoms with Crippen LogP contribution in [0.1, 0.15) is 22.3 Å². The fourth-order valence-electron chi connectivity index (χ4n) is 4.76. The maximum atomic E-state index is 13.6. The third kappa shape index (κ3) is 4.87. The Hall–Kier alpha value is -3.82. The van der Waals surface area contributed by atoms with Crippen molar-refractivity contribution in [2.24, 2.45) is 0 Å². The number of fused-ring (bicyclic) bond motifs is 2. The molecule has 6 rings (SSSR count). The predicted molar refractivity (Wildman–Crippen MR) is 145 cm³/mol. The molecule has 2 aliphatic heterocycles. The van der Waals surface area contributed by atoms with Crippen molar-refractivity contribution < 1.29 is 28.5 Å². The summed E-state index contributed by atoms with van der Waals surface area (Å²) in [5.41, 5.74) is 3.25. The number of para-hydroxylation sites is 1. The molecule has 0 spiro atoms. The van der Waals surface area contributed by atoms with Gasteiger partial charge in [-0.2, -0.15) is 0 Å². The first kappa shape index (κ1) is 24.5. The minimum atomic E-state index is -0.129.